The molecule has 0 bridgehead atoms. The Bertz CT molecular complexity index is 955. The van der Waals surface area contributed by atoms with Gasteiger partial charge < -0.3 is 4.90 Å². The predicted octanol–water partition coefficient (Wildman–Crippen LogP) is 6.06. The third kappa shape index (κ3) is 5.99. The molecule has 0 N–H and O–H groups in total. The molecule has 1 fully saturated rings. The number of sulfonamides is 1. The van der Waals surface area contributed by atoms with Crippen molar-refractivity contribution in [1.82, 2.24) is 4.90 Å². The van der Waals surface area contributed by atoms with Gasteiger partial charge in [0, 0.05) is 28.4 Å². The number of anilines is 1. The van der Waals surface area contributed by atoms with E-state index in [0.29, 0.717) is 32.5 Å². The zero-order chi connectivity index (χ0) is 21.7. The van der Waals surface area contributed by atoms with Crippen molar-refractivity contribution in [2.45, 2.75) is 29.4 Å². The van der Waals surface area contributed by atoms with Crippen LogP contribution in [-0.2, 0) is 10.0 Å². The molecular formula is C21H25Cl3N2O2S2. The van der Waals surface area contributed by atoms with Gasteiger partial charge in [-0.15, -0.1) is 0 Å². The Kier molecular flexibility index (Phi) is 8.64. The summed E-state index contributed by atoms with van der Waals surface area (Å²) in [6.07, 6.45) is 5.00. The first-order valence-corrected chi connectivity index (χ1v) is 13.7. The molecule has 1 aliphatic rings. The Morgan fingerprint density at radius 1 is 1.07 bits per heavy atom. The van der Waals surface area contributed by atoms with E-state index in [1.54, 1.807) is 30.3 Å². The van der Waals surface area contributed by atoms with Crippen molar-refractivity contribution in [2.75, 3.05) is 36.7 Å². The lowest BCUT2D eigenvalue weighted by Crippen LogP contribution is -2.33. The minimum atomic E-state index is -3.81. The van der Waals surface area contributed by atoms with Gasteiger partial charge in [-0.1, -0.05) is 34.8 Å². The summed E-state index contributed by atoms with van der Waals surface area (Å²) in [4.78, 5) is 2.62. The molecule has 1 atom stereocenters. The summed E-state index contributed by atoms with van der Waals surface area (Å²) in [6.45, 7) is 3.51. The van der Waals surface area contributed by atoms with Crippen LogP contribution in [0.5, 0.6) is 0 Å². The summed E-state index contributed by atoms with van der Waals surface area (Å²) in [7, 11) is -3.81. The average molecular weight is 508 g/mol. The van der Waals surface area contributed by atoms with Crippen LogP contribution in [-0.4, -0.2) is 51.0 Å². The molecule has 1 heterocycles. The third-order valence-corrected chi connectivity index (χ3v) is 8.91. The smallest absolute Gasteiger partial charge is 0.264 e. The number of unbranched alkanes of at least 4 members (excludes halogenated alkanes) is 1. The van der Waals surface area contributed by atoms with Gasteiger partial charge >= 0.3 is 0 Å². The molecule has 9 heteroatoms. The van der Waals surface area contributed by atoms with Crippen LogP contribution in [0.25, 0.3) is 0 Å². The second-order valence-electron chi connectivity index (χ2n) is 7.28. The minimum Gasteiger partial charge on any atom is -0.302 e. The second-order valence-corrected chi connectivity index (χ2v) is 11.6. The number of benzene rings is 2. The van der Waals surface area contributed by atoms with Crippen molar-refractivity contribution in [2.24, 2.45) is 0 Å². The maximum Gasteiger partial charge on any atom is 0.264 e. The fourth-order valence-corrected chi connectivity index (χ4v) is 6.34. The Balaban J connectivity index is 1.76. The Labute approximate surface area is 198 Å². The maximum atomic E-state index is 13.4. The summed E-state index contributed by atoms with van der Waals surface area (Å²) >= 11 is 20.4. The van der Waals surface area contributed by atoms with E-state index in [-0.39, 0.29) is 4.90 Å². The molecular weight excluding hydrogens is 483 g/mol. The highest BCUT2D eigenvalue weighted by molar-refractivity contribution is 7.99. The van der Waals surface area contributed by atoms with Crippen LogP contribution in [0.3, 0.4) is 0 Å². The molecule has 0 aromatic heterocycles. The van der Waals surface area contributed by atoms with Crippen molar-refractivity contribution in [1.29, 1.82) is 0 Å². The van der Waals surface area contributed by atoms with E-state index in [0.717, 1.165) is 32.5 Å². The normalized spacial score (nSPS) is 17.4. The monoisotopic (exact) mass is 506 g/mol. The van der Waals surface area contributed by atoms with Crippen LogP contribution in [0, 0.1) is 0 Å². The number of thioether (sulfide) groups is 1. The fourth-order valence-electron chi connectivity index (χ4n) is 3.56. The van der Waals surface area contributed by atoms with E-state index in [2.05, 4.69) is 11.2 Å². The lowest BCUT2D eigenvalue weighted by atomic mass is 10.2. The van der Waals surface area contributed by atoms with E-state index in [1.807, 2.05) is 11.8 Å². The summed E-state index contributed by atoms with van der Waals surface area (Å²) in [6, 6.07) is 11.0. The molecule has 0 spiro atoms. The Morgan fingerprint density at radius 2 is 1.77 bits per heavy atom. The van der Waals surface area contributed by atoms with Crippen LogP contribution in [0.1, 0.15) is 19.3 Å². The summed E-state index contributed by atoms with van der Waals surface area (Å²) in [5.74, 6) is 0. The average Bonchev–Trinajstić information content (AvgIpc) is 3.18. The van der Waals surface area contributed by atoms with E-state index in [4.69, 9.17) is 34.8 Å². The van der Waals surface area contributed by atoms with Crippen molar-refractivity contribution in [3.63, 3.8) is 0 Å². The first-order chi connectivity index (χ1) is 14.3. The highest BCUT2D eigenvalue weighted by Crippen LogP contribution is 2.33. The lowest BCUT2D eigenvalue weighted by Gasteiger charge is -2.26. The van der Waals surface area contributed by atoms with Gasteiger partial charge in [0.25, 0.3) is 10.0 Å². The molecule has 2 aromatic carbocycles. The molecule has 3 rings (SSSR count). The number of hydrogen-bond acceptors (Lipinski definition) is 4. The van der Waals surface area contributed by atoms with Gasteiger partial charge in [-0.2, -0.15) is 11.8 Å². The van der Waals surface area contributed by atoms with Gasteiger partial charge in [-0.3, -0.25) is 4.31 Å². The molecule has 164 valence electrons. The highest BCUT2D eigenvalue weighted by Gasteiger charge is 2.27. The summed E-state index contributed by atoms with van der Waals surface area (Å²) in [5.41, 5.74) is 0.391. The van der Waals surface area contributed by atoms with Gasteiger partial charge in [-0.05, 0) is 81.1 Å². The van der Waals surface area contributed by atoms with Crippen molar-refractivity contribution in [3.05, 3.63) is 57.5 Å². The highest BCUT2D eigenvalue weighted by atomic mass is 35.5. The zero-order valence-electron chi connectivity index (χ0n) is 16.7. The first kappa shape index (κ1) is 24.0. The molecule has 4 nitrogen and oxygen atoms in total. The molecule has 1 saturated heterocycles. The Morgan fingerprint density at radius 3 is 2.43 bits per heavy atom. The summed E-state index contributed by atoms with van der Waals surface area (Å²) in [5, 5.41) is 1.97. The first-order valence-electron chi connectivity index (χ1n) is 9.80. The Hall–Kier alpha value is -0.630. The van der Waals surface area contributed by atoms with E-state index in [9.17, 15) is 8.42 Å². The largest absolute Gasteiger partial charge is 0.302 e. The molecule has 0 radical (unpaired) electrons. The van der Waals surface area contributed by atoms with E-state index >= 15 is 0 Å². The number of hydrogen-bond donors (Lipinski definition) is 0. The van der Waals surface area contributed by atoms with E-state index in [1.165, 1.54) is 22.9 Å². The number of likely N-dealkylation sites (tertiary alicyclic amines) is 1. The SMILES string of the molecule is CSC1CCN(CCCCN(c2cc(Cl)ccc2Cl)S(=O)(=O)c2ccc(Cl)cc2)C1. The molecule has 1 aliphatic heterocycles. The van der Waals surface area contributed by atoms with Crippen molar-refractivity contribution >= 4 is 62.3 Å². The topological polar surface area (TPSA) is 40.6 Å². The van der Waals surface area contributed by atoms with Crippen LogP contribution in [0.15, 0.2) is 47.4 Å². The molecule has 1 unspecified atom stereocenters. The fraction of sp³-hybridized carbons (Fsp3) is 0.429. The molecule has 30 heavy (non-hydrogen) atoms. The maximum absolute atomic E-state index is 13.4. The lowest BCUT2D eigenvalue weighted by molar-refractivity contribution is 0.332. The molecule has 0 amide bonds. The molecule has 2 aromatic rings. The number of halogens is 3. The minimum absolute atomic E-state index is 0.172. The molecule has 0 aliphatic carbocycles. The van der Waals surface area contributed by atoms with Crippen molar-refractivity contribution < 1.29 is 8.42 Å². The second kappa shape index (κ2) is 10.8. The van der Waals surface area contributed by atoms with Gasteiger partial charge in [0.1, 0.15) is 0 Å². The quantitative estimate of drug-likeness (QED) is 0.387. The number of rotatable bonds is 9. The van der Waals surface area contributed by atoms with Gasteiger partial charge in [-0.25, -0.2) is 8.42 Å². The third-order valence-electron chi connectivity index (χ3n) is 5.23. The van der Waals surface area contributed by atoms with Crippen LogP contribution >= 0.6 is 46.6 Å². The van der Waals surface area contributed by atoms with Crippen LogP contribution < -0.4 is 4.31 Å². The zero-order valence-corrected chi connectivity index (χ0v) is 20.6. The predicted molar refractivity (Wildman–Crippen MR) is 130 cm³/mol. The van der Waals surface area contributed by atoms with Crippen molar-refractivity contribution in [3.8, 4) is 0 Å². The molecule has 0 saturated carbocycles. The van der Waals surface area contributed by atoms with Gasteiger partial charge in [0.15, 0.2) is 0 Å². The van der Waals surface area contributed by atoms with Gasteiger partial charge in [0.2, 0.25) is 0 Å². The summed E-state index contributed by atoms with van der Waals surface area (Å²) < 4.78 is 28.2. The number of nitrogens with zero attached hydrogens (tertiary/aromatic N) is 2. The van der Waals surface area contributed by atoms with Crippen LogP contribution in [0.4, 0.5) is 5.69 Å². The van der Waals surface area contributed by atoms with Gasteiger partial charge in [0.05, 0.1) is 15.6 Å². The standard InChI is InChI=1S/C21H25Cl3N2O2S2/c1-29-18-10-13-25(15-18)11-2-3-12-26(21-14-17(23)6-9-20(21)24)30(27,28)19-7-4-16(22)5-8-19/h4-9,14,18H,2-3,10-13,15H2,1H3. The van der Waals surface area contributed by atoms with E-state index < -0.39 is 10.0 Å². The van der Waals surface area contributed by atoms with Crippen LogP contribution in [0.2, 0.25) is 15.1 Å².